The van der Waals surface area contributed by atoms with Crippen LogP contribution >= 0.6 is 0 Å². The van der Waals surface area contributed by atoms with Gasteiger partial charge in [0.2, 0.25) is 0 Å². The molecule has 1 aliphatic heterocycles. The molecule has 1 aromatic carbocycles. The summed E-state index contributed by atoms with van der Waals surface area (Å²) in [6.07, 6.45) is 1.64. The fraction of sp³-hybridized carbons (Fsp3) is 0.312. The molecule has 9 heteroatoms. The molecule has 25 heavy (non-hydrogen) atoms. The third-order valence-corrected chi connectivity index (χ3v) is 5.02. The molecule has 0 radical (unpaired) electrons. The lowest BCUT2D eigenvalue weighted by Gasteiger charge is -2.27. The van der Waals surface area contributed by atoms with Crippen LogP contribution in [0.1, 0.15) is 33.0 Å². The number of aryl methyl sites for hydroxylation is 1. The van der Waals surface area contributed by atoms with Gasteiger partial charge in [-0.25, -0.2) is 18.4 Å². The van der Waals surface area contributed by atoms with Crippen LogP contribution < -0.4 is 0 Å². The lowest BCUT2D eigenvalue weighted by Crippen LogP contribution is -2.45. The summed E-state index contributed by atoms with van der Waals surface area (Å²) in [4.78, 5) is 25.4. The van der Waals surface area contributed by atoms with Crippen molar-refractivity contribution >= 4 is 21.7 Å². The fourth-order valence-corrected chi connectivity index (χ4v) is 3.62. The summed E-state index contributed by atoms with van der Waals surface area (Å²) >= 11 is 0. The van der Waals surface area contributed by atoms with Gasteiger partial charge in [0.15, 0.2) is 15.5 Å². The van der Waals surface area contributed by atoms with Crippen molar-refractivity contribution in [2.24, 2.45) is 0 Å². The monoisotopic (exact) mass is 363 g/mol. The molecule has 1 saturated heterocycles. The lowest BCUT2D eigenvalue weighted by molar-refractivity contribution is 0.0177. The maximum Gasteiger partial charge on any atom is 0.294 e. The Kier molecular flexibility index (Phi) is 4.34. The number of hydrogen-bond acceptors (Lipinski definition) is 6. The summed E-state index contributed by atoms with van der Waals surface area (Å²) in [5.41, 5.74) is 0.148. The molecule has 2 heterocycles. The summed E-state index contributed by atoms with van der Waals surface area (Å²) in [7, 11) is -3.57. The fourth-order valence-electron chi connectivity index (χ4n) is 2.74. The molecule has 1 aromatic heterocycles. The van der Waals surface area contributed by atoms with Crippen molar-refractivity contribution in [3.8, 4) is 0 Å². The van der Waals surface area contributed by atoms with Gasteiger partial charge in [-0.05, 0) is 25.5 Å². The molecule has 1 fully saturated rings. The zero-order valence-electron chi connectivity index (χ0n) is 13.8. The van der Waals surface area contributed by atoms with E-state index in [0.29, 0.717) is 25.3 Å². The lowest BCUT2D eigenvalue weighted by atomic mass is 10.2. The first-order valence-corrected chi connectivity index (χ1v) is 9.54. The van der Waals surface area contributed by atoms with Crippen LogP contribution in [0.4, 0.5) is 0 Å². The van der Waals surface area contributed by atoms with E-state index in [0.717, 1.165) is 6.26 Å². The third kappa shape index (κ3) is 3.27. The van der Waals surface area contributed by atoms with E-state index in [4.69, 9.17) is 4.52 Å². The van der Waals surface area contributed by atoms with Gasteiger partial charge in [-0.15, -0.1) is 0 Å². The van der Waals surface area contributed by atoms with E-state index < -0.39 is 21.7 Å². The van der Waals surface area contributed by atoms with Crippen LogP contribution in [-0.2, 0) is 9.84 Å². The SMILES string of the molecule is Cc1cc(C(=O)N2CCCN2C(=O)c2ccccc2S(C)(=O)=O)no1. The van der Waals surface area contributed by atoms with Gasteiger partial charge in [0.1, 0.15) is 5.76 Å². The number of nitrogens with zero attached hydrogens (tertiary/aromatic N) is 3. The number of rotatable bonds is 3. The molecule has 8 nitrogen and oxygen atoms in total. The maximum absolute atomic E-state index is 12.9. The number of sulfone groups is 1. The second kappa shape index (κ2) is 6.32. The van der Waals surface area contributed by atoms with Crippen molar-refractivity contribution in [1.29, 1.82) is 0 Å². The molecule has 0 atom stereocenters. The van der Waals surface area contributed by atoms with Gasteiger partial charge in [0, 0.05) is 25.4 Å². The van der Waals surface area contributed by atoms with Crippen LogP contribution in [0.25, 0.3) is 0 Å². The molecule has 132 valence electrons. The summed E-state index contributed by atoms with van der Waals surface area (Å²) in [5, 5.41) is 6.22. The van der Waals surface area contributed by atoms with Gasteiger partial charge < -0.3 is 4.52 Å². The molecule has 0 N–H and O–H groups in total. The third-order valence-electron chi connectivity index (χ3n) is 3.86. The van der Waals surface area contributed by atoms with Crippen molar-refractivity contribution < 1.29 is 22.5 Å². The first-order chi connectivity index (χ1) is 11.8. The molecule has 1 aliphatic rings. The molecule has 0 unspecified atom stereocenters. The van der Waals surface area contributed by atoms with E-state index in [2.05, 4.69) is 5.16 Å². The zero-order valence-corrected chi connectivity index (χ0v) is 14.6. The van der Waals surface area contributed by atoms with Gasteiger partial charge in [-0.2, -0.15) is 0 Å². The van der Waals surface area contributed by atoms with E-state index >= 15 is 0 Å². The first-order valence-electron chi connectivity index (χ1n) is 7.65. The van der Waals surface area contributed by atoms with E-state index in [1.165, 1.54) is 28.2 Å². The largest absolute Gasteiger partial charge is 0.361 e. The van der Waals surface area contributed by atoms with Crippen molar-refractivity contribution in [3.05, 3.63) is 47.3 Å². The van der Waals surface area contributed by atoms with E-state index in [-0.39, 0.29) is 16.2 Å². The van der Waals surface area contributed by atoms with Crippen molar-refractivity contribution in [3.63, 3.8) is 0 Å². The number of benzene rings is 1. The Labute approximate surface area is 144 Å². The number of hydrogen-bond donors (Lipinski definition) is 0. The van der Waals surface area contributed by atoms with Gasteiger partial charge in [0.05, 0.1) is 10.5 Å². The van der Waals surface area contributed by atoms with E-state index in [9.17, 15) is 18.0 Å². The highest BCUT2D eigenvalue weighted by Crippen LogP contribution is 2.22. The summed E-state index contributed by atoms with van der Waals surface area (Å²) in [5.74, 6) is -0.505. The quantitative estimate of drug-likeness (QED) is 0.814. The molecule has 2 aromatic rings. The summed E-state index contributed by atoms with van der Waals surface area (Å²) < 4.78 is 28.8. The zero-order chi connectivity index (χ0) is 18.2. The average Bonchev–Trinajstić information content (AvgIpc) is 3.21. The van der Waals surface area contributed by atoms with Crippen molar-refractivity contribution in [2.45, 2.75) is 18.2 Å². The second-order valence-corrected chi connectivity index (χ2v) is 7.79. The molecular weight excluding hydrogens is 346 g/mol. The minimum atomic E-state index is -3.57. The Balaban J connectivity index is 1.93. The number of hydrazine groups is 1. The van der Waals surface area contributed by atoms with Gasteiger partial charge in [-0.1, -0.05) is 17.3 Å². The van der Waals surface area contributed by atoms with E-state index in [1.54, 1.807) is 19.1 Å². The Morgan fingerprint density at radius 2 is 1.76 bits per heavy atom. The molecule has 0 saturated carbocycles. The van der Waals surface area contributed by atoms with Crippen LogP contribution in [0.15, 0.2) is 39.8 Å². The number of carbonyl (C=O) groups is 2. The van der Waals surface area contributed by atoms with Gasteiger partial charge in [0.25, 0.3) is 11.8 Å². The van der Waals surface area contributed by atoms with Crippen molar-refractivity contribution in [1.82, 2.24) is 15.2 Å². The highest BCUT2D eigenvalue weighted by Gasteiger charge is 2.34. The van der Waals surface area contributed by atoms with Crippen LogP contribution in [0.3, 0.4) is 0 Å². The number of amides is 2. The standard InChI is InChI=1S/C16H17N3O5S/c1-11-10-13(17-24-11)16(21)19-9-5-8-18(19)15(20)12-6-3-4-7-14(12)25(2,22)23/h3-4,6-7,10H,5,8-9H2,1-2H3. The molecule has 0 bridgehead atoms. The first kappa shape index (κ1) is 17.2. The molecule has 0 aliphatic carbocycles. The maximum atomic E-state index is 12.9. The topological polar surface area (TPSA) is 101 Å². The Morgan fingerprint density at radius 1 is 1.12 bits per heavy atom. The predicted octanol–water partition coefficient (Wildman–Crippen LogP) is 1.29. The normalized spacial score (nSPS) is 14.8. The Bertz CT molecular complexity index is 935. The van der Waals surface area contributed by atoms with Crippen molar-refractivity contribution in [2.75, 3.05) is 19.3 Å². The number of aromatic nitrogens is 1. The van der Waals surface area contributed by atoms with Crippen LogP contribution in [0.2, 0.25) is 0 Å². The van der Waals surface area contributed by atoms with Crippen LogP contribution in [0, 0.1) is 6.92 Å². The Morgan fingerprint density at radius 3 is 2.36 bits per heavy atom. The second-order valence-electron chi connectivity index (χ2n) is 5.80. The van der Waals surface area contributed by atoms with Crippen LogP contribution in [0.5, 0.6) is 0 Å². The van der Waals surface area contributed by atoms with Crippen LogP contribution in [-0.4, -0.2) is 54.8 Å². The van der Waals surface area contributed by atoms with E-state index in [1.807, 2.05) is 0 Å². The average molecular weight is 363 g/mol. The minimum Gasteiger partial charge on any atom is -0.361 e. The highest BCUT2D eigenvalue weighted by molar-refractivity contribution is 7.90. The molecular formula is C16H17N3O5S. The molecule has 0 spiro atoms. The van der Waals surface area contributed by atoms with Gasteiger partial charge >= 0.3 is 0 Å². The Hall–Kier alpha value is -2.68. The predicted molar refractivity (Wildman–Crippen MR) is 87.5 cm³/mol. The number of carbonyl (C=O) groups excluding carboxylic acids is 2. The minimum absolute atomic E-state index is 0.0426. The molecule has 3 rings (SSSR count). The smallest absolute Gasteiger partial charge is 0.294 e. The summed E-state index contributed by atoms with van der Waals surface area (Å²) in [6, 6.07) is 7.46. The molecule has 2 amide bonds. The summed E-state index contributed by atoms with van der Waals surface area (Å²) in [6.45, 7) is 2.33. The highest BCUT2D eigenvalue weighted by atomic mass is 32.2. The van der Waals surface area contributed by atoms with Gasteiger partial charge in [-0.3, -0.25) is 9.59 Å².